The third-order valence-corrected chi connectivity index (χ3v) is 4.65. The van der Waals surface area contributed by atoms with Crippen molar-refractivity contribution in [3.8, 4) is 0 Å². The maximum absolute atomic E-state index is 11.9. The molecule has 1 saturated heterocycles. The minimum atomic E-state index is -0.659. The molecule has 1 aromatic carbocycles. The molecular weight excluding hydrogens is 341 g/mol. The number of piperidine rings is 1. The van der Waals surface area contributed by atoms with E-state index in [0.29, 0.717) is 22.9 Å². The summed E-state index contributed by atoms with van der Waals surface area (Å²) in [4.78, 5) is 34.6. The second-order valence-electron chi connectivity index (χ2n) is 5.68. The summed E-state index contributed by atoms with van der Waals surface area (Å²) in [7, 11) is 0. The van der Waals surface area contributed by atoms with Gasteiger partial charge < -0.3 is 4.74 Å². The highest BCUT2D eigenvalue weighted by Gasteiger charge is 2.41. The number of amides is 2. The van der Waals surface area contributed by atoms with E-state index in [1.807, 2.05) is 0 Å². The van der Waals surface area contributed by atoms with Crippen LogP contribution >= 0.6 is 23.2 Å². The smallest absolute Gasteiger partial charge is 0.302 e. The van der Waals surface area contributed by atoms with Gasteiger partial charge in [0.1, 0.15) is 0 Å². The zero-order valence-corrected chi connectivity index (χ0v) is 14.2. The zero-order chi connectivity index (χ0) is 17.0. The molecule has 124 valence electrons. The molecule has 1 N–H and O–H groups in total. The third-order valence-electron chi connectivity index (χ3n) is 3.91. The number of nitrogens with one attached hydrogen (secondary N) is 1. The second-order valence-corrected chi connectivity index (χ2v) is 6.49. The van der Waals surface area contributed by atoms with Crippen LogP contribution in [0.4, 0.5) is 0 Å². The quantitative estimate of drug-likeness (QED) is 0.499. The average molecular weight is 358 g/mol. The standard InChI is InChI=1S/C16H17Cl2NO4/c1-10(20)23-6-2-5-16(8-14(21)19-15(22)9-16)11-3-4-12(17)13(18)7-11/h3-4,7H,2,5-6,8-9H2,1H3,(H,19,21,22). The van der Waals surface area contributed by atoms with E-state index < -0.39 is 5.41 Å². The van der Waals surface area contributed by atoms with E-state index in [-0.39, 0.29) is 37.2 Å². The number of benzene rings is 1. The van der Waals surface area contributed by atoms with Crippen molar-refractivity contribution in [1.29, 1.82) is 0 Å². The molecule has 7 heteroatoms. The summed E-state index contributed by atoms with van der Waals surface area (Å²) in [6, 6.07) is 5.14. The highest BCUT2D eigenvalue weighted by molar-refractivity contribution is 6.42. The lowest BCUT2D eigenvalue weighted by Gasteiger charge is -2.36. The van der Waals surface area contributed by atoms with Crippen LogP contribution in [0.25, 0.3) is 0 Å². The average Bonchev–Trinajstić information content (AvgIpc) is 2.45. The first-order valence-electron chi connectivity index (χ1n) is 7.24. The molecular formula is C16H17Cl2NO4. The Bertz CT molecular complexity index is 629. The van der Waals surface area contributed by atoms with Gasteiger partial charge in [0.2, 0.25) is 11.8 Å². The summed E-state index contributed by atoms with van der Waals surface area (Å²) in [5.41, 5.74) is 0.131. The van der Waals surface area contributed by atoms with Crippen molar-refractivity contribution in [3.05, 3.63) is 33.8 Å². The van der Waals surface area contributed by atoms with E-state index in [4.69, 9.17) is 27.9 Å². The van der Waals surface area contributed by atoms with Gasteiger partial charge in [-0.2, -0.15) is 0 Å². The Morgan fingerprint density at radius 2 is 1.87 bits per heavy atom. The van der Waals surface area contributed by atoms with Crippen molar-refractivity contribution >= 4 is 41.0 Å². The highest BCUT2D eigenvalue weighted by atomic mass is 35.5. The molecule has 1 aliphatic rings. The van der Waals surface area contributed by atoms with Gasteiger partial charge in [-0.15, -0.1) is 0 Å². The molecule has 0 bridgehead atoms. The van der Waals surface area contributed by atoms with Gasteiger partial charge in [-0.3, -0.25) is 19.7 Å². The lowest BCUT2D eigenvalue weighted by Crippen LogP contribution is -2.47. The minimum absolute atomic E-state index is 0.177. The summed E-state index contributed by atoms with van der Waals surface area (Å²) in [6.07, 6.45) is 1.42. The maximum Gasteiger partial charge on any atom is 0.302 e. The Kier molecular flexibility index (Phi) is 5.65. The second kappa shape index (κ2) is 7.32. The maximum atomic E-state index is 11.9. The van der Waals surface area contributed by atoms with Crippen LogP contribution in [0.5, 0.6) is 0 Å². The Morgan fingerprint density at radius 1 is 1.22 bits per heavy atom. The van der Waals surface area contributed by atoms with Crippen molar-refractivity contribution in [3.63, 3.8) is 0 Å². The number of carbonyl (C=O) groups excluding carboxylic acids is 3. The van der Waals surface area contributed by atoms with Crippen molar-refractivity contribution in [2.45, 2.75) is 38.0 Å². The molecule has 2 rings (SSSR count). The van der Waals surface area contributed by atoms with Gasteiger partial charge in [-0.1, -0.05) is 29.3 Å². The van der Waals surface area contributed by atoms with Crippen LogP contribution in [0.1, 0.15) is 38.2 Å². The van der Waals surface area contributed by atoms with Crippen molar-refractivity contribution in [2.24, 2.45) is 0 Å². The van der Waals surface area contributed by atoms with Crippen molar-refractivity contribution in [2.75, 3.05) is 6.61 Å². The fraction of sp³-hybridized carbons (Fsp3) is 0.438. The van der Waals surface area contributed by atoms with Gasteiger partial charge in [-0.25, -0.2) is 0 Å². The molecule has 5 nitrogen and oxygen atoms in total. The van der Waals surface area contributed by atoms with E-state index >= 15 is 0 Å². The van der Waals surface area contributed by atoms with E-state index in [1.54, 1.807) is 18.2 Å². The van der Waals surface area contributed by atoms with Gasteiger partial charge >= 0.3 is 5.97 Å². The normalized spacial score (nSPS) is 16.8. The molecule has 0 aliphatic carbocycles. The van der Waals surface area contributed by atoms with Crippen LogP contribution in [0, 0.1) is 0 Å². The summed E-state index contributed by atoms with van der Waals surface area (Å²) in [6.45, 7) is 1.58. The molecule has 1 fully saturated rings. The van der Waals surface area contributed by atoms with Crippen LogP contribution < -0.4 is 5.32 Å². The number of esters is 1. The molecule has 23 heavy (non-hydrogen) atoms. The lowest BCUT2D eigenvalue weighted by atomic mass is 9.69. The number of ether oxygens (including phenoxy) is 1. The van der Waals surface area contributed by atoms with Crippen LogP contribution in [0.2, 0.25) is 10.0 Å². The van der Waals surface area contributed by atoms with E-state index in [2.05, 4.69) is 5.32 Å². The number of hydrogen-bond acceptors (Lipinski definition) is 4. The van der Waals surface area contributed by atoms with Gasteiger partial charge in [0.05, 0.1) is 16.7 Å². The lowest BCUT2D eigenvalue weighted by molar-refractivity contribution is -0.142. The molecule has 1 aromatic rings. The largest absolute Gasteiger partial charge is 0.466 e. The predicted molar refractivity (Wildman–Crippen MR) is 86.4 cm³/mol. The van der Waals surface area contributed by atoms with E-state index in [9.17, 15) is 14.4 Å². The number of carbonyl (C=O) groups is 3. The van der Waals surface area contributed by atoms with E-state index in [0.717, 1.165) is 5.56 Å². The minimum Gasteiger partial charge on any atom is -0.466 e. The first kappa shape index (κ1) is 17.8. The molecule has 0 unspecified atom stereocenters. The molecule has 0 aromatic heterocycles. The summed E-state index contributed by atoms with van der Waals surface area (Å²) in [5, 5.41) is 3.11. The fourth-order valence-corrected chi connectivity index (χ4v) is 3.20. The highest BCUT2D eigenvalue weighted by Crippen LogP contribution is 2.40. The predicted octanol–water partition coefficient (Wildman–Crippen LogP) is 3.01. The molecule has 2 amide bonds. The zero-order valence-electron chi connectivity index (χ0n) is 12.7. The molecule has 0 atom stereocenters. The number of hydrogen-bond donors (Lipinski definition) is 1. The van der Waals surface area contributed by atoms with Gasteiger partial charge in [0.15, 0.2) is 0 Å². The van der Waals surface area contributed by atoms with E-state index in [1.165, 1.54) is 6.92 Å². The first-order valence-corrected chi connectivity index (χ1v) is 7.99. The van der Waals surface area contributed by atoms with Crippen molar-refractivity contribution in [1.82, 2.24) is 5.32 Å². The summed E-state index contributed by atoms with van der Waals surface area (Å²) in [5.74, 6) is -0.995. The van der Waals surface area contributed by atoms with Crippen molar-refractivity contribution < 1.29 is 19.1 Å². The molecule has 0 radical (unpaired) electrons. The summed E-state index contributed by atoms with van der Waals surface area (Å²) >= 11 is 12.0. The molecule has 0 spiro atoms. The van der Waals surface area contributed by atoms with Crippen LogP contribution in [-0.2, 0) is 24.5 Å². The monoisotopic (exact) mass is 357 g/mol. The number of rotatable bonds is 5. The van der Waals surface area contributed by atoms with Gasteiger partial charge in [-0.05, 0) is 30.5 Å². The Labute approximate surface area is 144 Å². The molecule has 1 heterocycles. The third kappa shape index (κ3) is 4.45. The number of imide groups is 1. The summed E-state index contributed by atoms with van der Waals surface area (Å²) < 4.78 is 4.94. The number of halogens is 2. The van der Waals surface area contributed by atoms with Gasteiger partial charge in [0, 0.05) is 25.2 Å². The Hall–Kier alpha value is -1.59. The Balaban J connectivity index is 2.26. The van der Waals surface area contributed by atoms with Crippen LogP contribution in [0.3, 0.4) is 0 Å². The fourth-order valence-electron chi connectivity index (χ4n) is 2.90. The first-order chi connectivity index (χ1) is 10.8. The molecule has 1 aliphatic heterocycles. The van der Waals surface area contributed by atoms with Crippen LogP contribution in [-0.4, -0.2) is 24.4 Å². The topological polar surface area (TPSA) is 72.5 Å². The molecule has 0 saturated carbocycles. The van der Waals surface area contributed by atoms with Gasteiger partial charge in [0.25, 0.3) is 0 Å². The van der Waals surface area contributed by atoms with Crippen LogP contribution in [0.15, 0.2) is 18.2 Å². The SMILES string of the molecule is CC(=O)OCCCC1(c2ccc(Cl)c(Cl)c2)CC(=O)NC(=O)C1. The Morgan fingerprint density at radius 3 is 2.43 bits per heavy atom.